The van der Waals surface area contributed by atoms with Crippen molar-refractivity contribution >= 4 is 11.8 Å². The first-order valence-corrected chi connectivity index (χ1v) is 7.07. The summed E-state index contributed by atoms with van der Waals surface area (Å²) in [6.07, 6.45) is 3.41. The second kappa shape index (κ2) is 7.36. The Balaban J connectivity index is 1.93. The summed E-state index contributed by atoms with van der Waals surface area (Å²) in [7, 11) is 1.71. The van der Waals surface area contributed by atoms with Gasteiger partial charge in [-0.3, -0.25) is 14.6 Å². The maximum Gasteiger partial charge on any atom is 0.251 e. The van der Waals surface area contributed by atoms with Crippen LogP contribution in [-0.4, -0.2) is 34.8 Å². The van der Waals surface area contributed by atoms with E-state index in [0.717, 1.165) is 5.56 Å². The Hall–Kier alpha value is -2.69. The van der Waals surface area contributed by atoms with Gasteiger partial charge in [-0.15, -0.1) is 0 Å². The van der Waals surface area contributed by atoms with Gasteiger partial charge in [0, 0.05) is 31.5 Å². The second-order valence-corrected chi connectivity index (χ2v) is 5.12. The SMILES string of the molecule is CC(NC(=O)c1ccccc1)C(=O)N(C)Cc1cccnc1. The first-order valence-electron chi connectivity index (χ1n) is 7.07. The van der Waals surface area contributed by atoms with Gasteiger partial charge in [0.15, 0.2) is 0 Å². The smallest absolute Gasteiger partial charge is 0.251 e. The van der Waals surface area contributed by atoms with Gasteiger partial charge in [0.05, 0.1) is 0 Å². The van der Waals surface area contributed by atoms with E-state index in [9.17, 15) is 9.59 Å². The van der Waals surface area contributed by atoms with Gasteiger partial charge in [-0.25, -0.2) is 0 Å². The third-order valence-corrected chi connectivity index (χ3v) is 3.27. The summed E-state index contributed by atoms with van der Waals surface area (Å²) in [5.41, 5.74) is 1.48. The predicted octanol–water partition coefficient (Wildman–Crippen LogP) is 1.86. The minimum Gasteiger partial charge on any atom is -0.341 e. The highest BCUT2D eigenvalue weighted by Gasteiger charge is 2.20. The molecule has 2 rings (SSSR count). The molecule has 0 aliphatic carbocycles. The standard InChI is InChI=1S/C17H19N3O2/c1-13(19-16(21)15-8-4-3-5-9-15)17(22)20(2)12-14-7-6-10-18-11-14/h3-11,13H,12H2,1-2H3,(H,19,21). The van der Waals surface area contributed by atoms with Crippen LogP contribution in [0.15, 0.2) is 54.9 Å². The molecule has 5 heteroatoms. The average Bonchev–Trinajstić information content (AvgIpc) is 2.55. The van der Waals surface area contributed by atoms with E-state index in [4.69, 9.17) is 0 Å². The molecule has 0 saturated carbocycles. The fraction of sp³-hybridized carbons (Fsp3) is 0.235. The van der Waals surface area contributed by atoms with Crippen LogP contribution in [0.2, 0.25) is 0 Å². The molecule has 22 heavy (non-hydrogen) atoms. The van der Waals surface area contributed by atoms with Crippen molar-refractivity contribution in [3.8, 4) is 0 Å². The summed E-state index contributed by atoms with van der Waals surface area (Å²) in [5, 5.41) is 2.72. The second-order valence-electron chi connectivity index (χ2n) is 5.12. The quantitative estimate of drug-likeness (QED) is 0.916. The number of benzene rings is 1. The molecule has 114 valence electrons. The van der Waals surface area contributed by atoms with Crippen LogP contribution in [0, 0.1) is 0 Å². The van der Waals surface area contributed by atoms with Crippen molar-refractivity contribution in [3.63, 3.8) is 0 Å². The van der Waals surface area contributed by atoms with Crippen LogP contribution < -0.4 is 5.32 Å². The number of hydrogen-bond donors (Lipinski definition) is 1. The van der Waals surface area contributed by atoms with Crippen molar-refractivity contribution in [3.05, 3.63) is 66.0 Å². The molecule has 1 N–H and O–H groups in total. The van der Waals surface area contributed by atoms with Crippen LogP contribution in [0.1, 0.15) is 22.8 Å². The Bertz CT molecular complexity index is 629. The molecule has 1 aromatic carbocycles. The maximum atomic E-state index is 12.3. The van der Waals surface area contributed by atoms with E-state index in [1.165, 1.54) is 0 Å². The zero-order valence-electron chi connectivity index (χ0n) is 12.7. The van der Waals surface area contributed by atoms with Crippen LogP contribution in [0.25, 0.3) is 0 Å². The van der Waals surface area contributed by atoms with Crippen LogP contribution in [0.3, 0.4) is 0 Å². The molecule has 0 aliphatic rings. The molecule has 1 heterocycles. The van der Waals surface area contributed by atoms with Gasteiger partial charge in [-0.05, 0) is 30.7 Å². The molecular formula is C17H19N3O2. The zero-order valence-corrected chi connectivity index (χ0v) is 12.7. The van der Waals surface area contributed by atoms with E-state index in [1.807, 2.05) is 18.2 Å². The number of carbonyl (C=O) groups is 2. The number of carbonyl (C=O) groups excluding carboxylic acids is 2. The molecule has 0 bridgehead atoms. The Labute approximate surface area is 130 Å². The molecule has 0 fully saturated rings. The fourth-order valence-electron chi connectivity index (χ4n) is 2.11. The van der Waals surface area contributed by atoms with Gasteiger partial charge in [0.1, 0.15) is 6.04 Å². The summed E-state index contributed by atoms with van der Waals surface area (Å²) in [6.45, 7) is 2.14. The summed E-state index contributed by atoms with van der Waals surface area (Å²) >= 11 is 0. The van der Waals surface area contributed by atoms with E-state index in [0.29, 0.717) is 12.1 Å². The van der Waals surface area contributed by atoms with E-state index in [2.05, 4.69) is 10.3 Å². The van der Waals surface area contributed by atoms with Crippen molar-refractivity contribution in [2.75, 3.05) is 7.05 Å². The Morgan fingerprint density at radius 3 is 2.55 bits per heavy atom. The Morgan fingerprint density at radius 1 is 1.18 bits per heavy atom. The number of likely N-dealkylation sites (N-methyl/N-ethyl adjacent to an activating group) is 1. The lowest BCUT2D eigenvalue weighted by molar-refractivity contribution is -0.132. The van der Waals surface area contributed by atoms with Gasteiger partial charge in [-0.2, -0.15) is 0 Å². The van der Waals surface area contributed by atoms with Crippen LogP contribution in [0.5, 0.6) is 0 Å². The summed E-state index contributed by atoms with van der Waals surface area (Å²) in [6, 6.07) is 12.0. The van der Waals surface area contributed by atoms with Crippen molar-refractivity contribution in [1.29, 1.82) is 0 Å². The normalized spacial score (nSPS) is 11.5. The van der Waals surface area contributed by atoms with Gasteiger partial charge in [0.25, 0.3) is 5.91 Å². The minimum absolute atomic E-state index is 0.145. The van der Waals surface area contributed by atoms with Crippen LogP contribution in [-0.2, 0) is 11.3 Å². The highest BCUT2D eigenvalue weighted by atomic mass is 16.2. The van der Waals surface area contributed by atoms with Gasteiger partial charge < -0.3 is 10.2 Å². The lowest BCUT2D eigenvalue weighted by Crippen LogP contribution is -2.45. The number of aromatic nitrogens is 1. The highest BCUT2D eigenvalue weighted by molar-refractivity contribution is 5.97. The van der Waals surface area contributed by atoms with E-state index in [1.54, 1.807) is 55.5 Å². The lowest BCUT2D eigenvalue weighted by Gasteiger charge is -2.22. The number of hydrogen-bond acceptors (Lipinski definition) is 3. The van der Waals surface area contributed by atoms with Crippen LogP contribution in [0.4, 0.5) is 0 Å². The Morgan fingerprint density at radius 2 is 1.91 bits per heavy atom. The number of nitrogens with one attached hydrogen (secondary N) is 1. The molecule has 0 spiro atoms. The van der Waals surface area contributed by atoms with Gasteiger partial charge in [-0.1, -0.05) is 24.3 Å². The third kappa shape index (κ3) is 4.15. The van der Waals surface area contributed by atoms with Crippen LogP contribution >= 0.6 is 0 Å². The van der Waals surface area contributed by atoms with E-state index in [-0.39, 0.29) is 11.8 Å². The van der Waals surface area contributed by atoms with Crippen molar-refractivity contribution < 1.29 is 9.59 Å². The molecule has 5 nitrogen and oxygen atoms in total. The van der Waals surface area contributed by atoms with E-state index < -0.39 is 6.04 Å². The molecule has 2 aromatic rings. The van der Waals surface area contributed by atoms with E-state index >= 15 is 0 Å². The largest absolute Gasteiger partial charge is 0.341 e. The molecule has 1 atom stereocenters. The summed E-state index contributed by atoms with van der Waals surface area (Å²) in [4.78, 5) is 30.0. The third-order valence-electron chi connectivity index (χ3n) is 3.27. The lowest BCUT2D eigenvalue weighted by atomic mass is 10.2. The molecular weight excluding hydrogens is 278 g/mol. The Kier molecular flexibility index (Phi) is 5.25. The van der Waals surface area contributed by atoms with Crippen molar-refractivity contribution in [1.82, 2.24) is 15.2 Å². The molecule has 0 aliphatic heterocycles. The first-order chi connectivity index (χ1) is 10.6. The number of pyridine rings is 1. The van der Waals surface area contributed by atoms with Gasteiger partial charge in [0.2, 0.25) is 5.91 Å². The average molecular weight is 297 g/mol. The maximum absolute atomic E-state index is 12.3. The summed E-state index contributed by atoms with van der Waals surface area (Å²) in [5.74, 6) is -0.399. The topological polar surface area (TPSA) is 62.3 Å². The molecule has 2 amide bonds. The first kappa shape index (κ1) is 15.7. The van der Waals surface area contributed by atoms with Crippen molar-refractivity contribution in [2.45, 2.75) is 19.5 Å². The molecule has 1 unspecified atom stereocenters. The molecule has 1 aromatic heterocycles. The van der Waals surface area contributed by atoms with Gasteiger partial charge >= 0.3 is 0 Å². The predicted molar refractivity (Wildman–Crippen MR) is 84.1 cm³/mol. The number of amides is 2. The van der Waals surface area contributed by atoms with Crippen molar-refractivity contribution in [2.24, 2.45) is 0 Å². The minimum atomic E-state index is -0.589. The fourth-order valence-corrected chi connectivity index (χ4v) is 2.11. The molecule has 0 saturated heterocycles. The summed E-state index contributed by atoms with van der Waals surface area (Å²) < 4.78 is 0. The molecule has 0 radical (unpaired) electrons. The monoisotopic (exact) mass is 297 g/mol. The zero-order chi connectivity index (χ0) is 15.9. The number of rotatable bonds is 5. The highest BCUT2D eigenvalue weighted by Crippen LogP contribution is 2.04. The number of nitrogens with zero attached hydrogens (tertiary/aromatic N) is 2.